The van der Waals surface area contributed by atoms with Crippen molar-refractivity contribution in [1.82, 2.24) is 15.5 Å². The number of rotatable bonds is 7. The molecule has 2 N–H and O–H groups in total. The van der Waals surface area contributed by atoms with E-state index in [-0.39, 0.29) is 75.4 Å². The maximum Gasteiger partial charge on any atom is 0.414 e. The number of carbonyl (C=O) groups excluding carboxylic acids is 4. The molecule has 0 bridgehead atoms. The number of benzene rings is 1. The summed E-state index contributed by atoms with van der Waals surface area (Å²) in [6.45, 7) is 2.44. The number of halogens is 2. The summed E-state index contributed by atoms with van der Waals surface area (Å²) in [5.74, 6) is -2.20. The smallest absolute Gasteiger partial charge is 0.414 e. The molecule has 0 radical (unpaired) electrons. The molecule has 1 atom stereocenters. The molecule has 13 heteroatoms. The van der Waals surface area contributed by atoms with Crippen molar-refractivity contribution >= 4 is 35.4 Å². The van der Waals surface area contributed by atoms with E-state index in [4.69, 9.17) is 4.74 Å². The van der Waals surface area contributed by atoms with E-state index >= 15 is 0 Å². The molecule has 2 saturated heterocycles. The van der Waals surface area contributed by atoms with Crippen molar-refractivity contribution in [2.24, 2.45) is 0 Å². The number of cyclic esters (lactones) is 1. The largest absolute Gasteiger partial charge is 0.453 e. The number of methoxy groups -OCH3 is 1. The van der Waals surface area contributed by atoms with Crippen LogP contribution in [0.15, 0.2) is 12.1 Å². The molecule has 186 valence electrons. The van der Waals surface area contributed by atoms with E-state index in [2.05, 4.69) is 15.4 Å². The van der Waals surface area contributed by atoms with Crippen molar-refractivity contribution in [2.75, 3.05) is 62.7 Å². The molecular weight excluding hydrogens is 456 g/mol. The van der Waals surface area contributed by atoms with Crippen molar-refractivity contribution in [2.45, 2.75) is 19.4 Å². The van der Waals surface area contributed by atoms with Gasteiger partial charge < -0.3 is 29.9 Å². The van der Waals surface area contributed by atoms with Crippen LogP contribution >= 0.6 is 0 Å². The van der Waals surface area contributed by atoms with Gasteiger partial charge in [-0.05, 0) is 0 Å². The van der Waals surface area contributed by atoms with Gasteiger partial charge in [0.05, 0.1) is 32.4 Å². The Morgan fingerprint density at radius 3 is 2.35 bits per heavy atom. The minimum Gasteiger partial charge on any atom is -0.453 e. The molecule has 2 fully saturated rings. The summed E-state index contributed by atoms with van der Waals surface area (Å²) in [6.07, 6.45) is -1.91. The minimum atomic E-state index is -0.853. The first kappa shape index (κ1) is 25.0. The normalized spacial score (nSPS) is 17.9. The zero-order valence-electron chi connectivity index (χ0n) is 18.9. The van der Waals surface area contributed by atoms with Gasteiger partial charge in [-0.3, -0.25) is 14.5 Å². The molecule has 0 aromatic heterocycles. The molecule has 1 aromatic rings. The van der Waals surface area contributed by atoms with Gasteiger partial charge >= 0.3 is 12.2 Å². The van der Waals surface area contributed by atoms with E-state index < -0.39 is 29.9 Å². The standard InChI is InChI=1S/C21H27F2N5O6/c1-3-17(29)24-11-18(30)26-4-6-27(7-5-26)19-15(22)8-13(9-16(19)23)28-12-14(34-21(28)32)10-25-20(31)33-2/h8-9,14H,3-7,10-12H2,1-2H3,(H,24,29)(H,25,31)/t14-/m0/s1. The molecule has 0 spiro atoms. The van der Waals surface area contributed by atoms with E-state index in [9.17, 15) is 28.0 Å². The highest BCUT2D eigenvalue weighted by atomic mass is 19.1. The number of carbonyl (C=O) groups is 4. The Morgan fingerprint density at radius 2 is 1.76 bits per heavy atom. The van der Waals surface area contributed by atoms with Gasteiger partial charge in [0.1, 0.15) is 11.8 Å². The Kier molecular flexibility index (Phi) is 8.08. The van der Waals surface area contributed by atoms with Crippen LogP contribution in [0.3, 0.4) is 0 Å². The fourth-order valence-corrected chi connectivity index (χ4v) is 3.71. The number of ether oxygens (including phenoxy) is 2. The average Bonchev–Trinajstić information content (AvgIpc) is 3.21. The van der Waals surface area contributed by atoms with Crippen molar-refractivity contribution < 1.29 is 37.4 Å². The van der Waals surface area contributed by atoms with Crippen LogP contribution in [-0.2, 0) is 19.1 Å². The van der Waals surface area contributed by atoms with Crippen molar-refractivity contribution in [3.8, 4) is 0 Å². The lowest BCUT2D eigenvalue weighted by atomic mass is 10.2. The highest BCUT2D eigenvalue weighted by molar-refractivity contribution is 5.90. The Bertz CT molecular complexity index is 931. The number of alkyl carbamates (subject to hydrolysis) is 1. The Labute approximate surface area is 194 Å². The molecule has 1 aromatic carbocycles. The van der Waals surface area contributed by atoms with Crippen molar-refractivity contribution in [3.63, 3.8) is 0 Å². The van der Waals surface area contributed by atoms with Gasteiger partial charge in [-0.15, -0.1) is 0 Å². The van der Waals surface area contributed by atoms with Gasteiger partial charge in [0.15, 0.2) is 11.6 Å². The molecule has 0 aliphatic carbocycles. The summed E-state index contributed by atoms with van der Waals surface area (Å²) < 4.78 is 39.4. The third-order valence-electron chi connectivity index (χ3n) is 5.55. The summed E-state index contributed by atoms with van der Waals surface area (Å²) in [5, 5.41) is 4.91. The zero-order chi connectivity index (χ0) is 24.8. The highest BCUT2D eigenvalue weighted by Crippen LogP contribution is 2.31. The highest BCUT2D eigenvalue weighted by Gasteiger charge is 2.34. The molecule has 0 saturated carbocycles. The van der Waals surface area contributed by atoms with Gasteiger partial charge in [-0.2, -0.15) is 0 Å². The molecular formula is C21H27F2N5O6. The number of hydrogen-bond acceptors (Lipinski definition) is 7. The molecule has 3 rings (SSSR count). The Hall–Kier alpha value is -3.64. The molecule has 2 heterocycles. The van der Waals surface area contributed by atoms with Crippen LogP contribution in [0.5, 0.6) is 0 Å². The van der Waals surface area contributed by atoms with Gasteiger partial charge in [0.2, 0.25) is 11.8 Å². The third kappa shape index (κ3) is 5.83. The number of amides is 4. The van der Waals surface area contributed by atoms with E-state index in [1.165, 1.54) is 16.9 Å². The Balaban J connectivity index is 1.61. The van der Waals surface area contributed by atoms with Crippen LogP contribution in [0, 0.1) is 11.6 Å². The monoisotopic (exact) mass is 483 g/mol. The molecule has 4 amide bonds. The maximum atomic E-state index is 14.9. The minimum absolute atomic E-state index is 0.00356. The lowest BCUT2D eigenvalue weighted by Gasteiger charge is -2.36. The first-order chi connectivity index (χ1) is 16.2. The topological polar surface area (TPSA) is 121 Å². The predicted molar refractivity (Wildman–Crippen MR) is 116 cm³/mol. The zero-order valence-corrected chi connectivity index (χ0v) is 18.9. The molecule has 2 aliphatic rings. The van der Waals surface area contributed by atoms with Crippen LogP contribution in [0.1, 0.15) is 13.3 Å². The number of piperazine rings is 1. The number of nitrogens with zero attached hydrogens (tertiary/aromatic N) is 3. The average molecular weight is 483 g/mol. The van der Waals surface area contributed by atoms with Gasteiger partial charge in [0, 0.05) is 44.7 Å². The lowest BCUT2D eigenvalue weighted by Crippen LogP contribution is -2.51. The van der Waals surface area contributed by atoms with Crippen molar-refractivity contribution in [1.29, 1.82) is 0 Å². The van der Waals surface area contributed by atoms with Gasteiger partial charge in [-0.1, -0.05) is 6.92 Å². The van der Waals surface area contributed by atoms with E-state index in [0.717, 1.165) is 17.0 Å². The maximum absolute atomic E-state index is 14.9. The number of nitrogens with one attached hydrogen (secondary N) is 2. The first-order valence-corrected chi connectivity index (χ1v) is 10.8. The summed E-state index contributed by atoms with van der Waals surface area (Å²) in [4.78, 5) is 51.0. The second-order valence-corrected chi connectivity index (χ2v) is 7.74. The van der Waals surface area contributed by atoms with Crippen LogP contribution in [0.2, 0.25) is 0 Å². The molecule has 0 unspecified atom stereocenters. The van der Waals surface area contributed by atoms with Crippen LogP contribution < -0.4 is 20.4 Å². The second-order valence-electron chi connectivity index (χ2n) is 7.74. The molecule has 34 heavy (non-hydrogen) atoms. The van der Waals surface area contributed by atoms with E-state index in [1.54, 1.807) is 6.92 Å². The fourth-order valence-electron chi connectivity index (χ4n) is 3.71. The van der Waals surface area contributed by atoms with Crippen molar-refractivity contribution in [3.05, 3.63) is 23.8 Å². The van der Waals surface area contributed by atoms with Gasteiger partial charge in [-0.25, -0.2) is 18.4 Å². The van der Waals surface area contributed by atoms with E-state index in [1.807, 2.05) is 0 Å². The fraction of sp³-hybridized carbons (Fsp3) is 0.524. The third-order valence-corrected chi connectivity index (χ3v) is 5.55. The van der Waals surface area contributed by atoms with Crippen LogP contribution in [-0.4, -0.2) is 87.9 Å². The number of hydrogen-bond donors (Lipinski definition) is 2. The summed E-state index contributed by atoms with van der Waals surface area (Å²) in [6, 6.07) is 2.10. The quantitative estimate of drug-likeness (QED) is 0.589. The second kappa shape index (κ2) is 11.0. The van der Waals surface area contributed by atoms with Crippen LogP contribution in [0.4, 0.5) is 29.7 Å². The van der Waals surface area contributed by atoms with Crippen LogP contribution in [0.25, 0.3) is 0 Å². The SMILES string of the molecule is CCC(=O)NCC(=O)N1CCN(c2c(F)cc(N3C[C@H](CNC(=O)OC)OC3=O)cc2F)CC1. The van der Waals surface area contributed by atoms with E-state index in [0.29, 0.717) is 0 Å². The summed E-state index contributed by atoms with van der Waals surface area (Å²) in [7, 11) is 1.19. The summed E-state index contributed by atoms with van der Waals surface area (Å²) in [5.41, 5.74) is -0.253. The predicted octanol–water partition coefficient (Wildman–Crippen LogP) is 0.821. The number of anilines is 2. The van der Waals surface area contributed by atoms with Gasteiger partial charge in [0.25, 0.3) is 0 Å². The molecule has 11 nitrogen and oxygen atoms in total. The lowest BCUT2D eigenvalue weighted by molar-refractivity contribution is -0.133. The summed E-state index contributed by atoms with van der Waals surface area (Å²) >= 11 is 0. The first-order valence-electron chi connectivity index (χ1n) is 10.8. The Morgan fingerprint density at radius 1 is 1.12 bits per heavy atom. The molecule has 2 aliphatic heterocycles.